The van der Waals surface area contributed by atoms with E-state index in [9.17, 15) is 10.1 Å². The molecule has 0 spiro atoms. The van der Waals surface area contributed by atoms with E-state index in [1.165, 1.54) is 18.5 Å². The van der Waals surface area contributed by atoms with Gasteiger partial charge in [0.15, 0.2) is 0 Å². The lowest BCUT2D eigenvalue weighted by Crippen LogP contribution is -2.57. The minimum absolute atomic E-state index is 0.0122. The number of benzene rings is 1. The molecule has 2 N–H and O–H groups in total. The maximum absolute atomic E-state index is 10.9. The van der Waals surface area contributed by atoms with Crippen LogP contribution in [-0.4, -0.2) is 31.1 Å². The molecule has 0 saturated heterocycles. The summed E-state index contributed by atoms with van der Waals surface area (Å²) in [6.07, 6.45) is 1.50. The number of nitrogens with zero attached hydrogens (tertiary/aromatic N) is 5. The van der Waals surface area contributed by atoms with E-state index in [1.54, 1.807) is 16.8 Å². The highest BCUT2D eigenvalue weighted by Gasteiger charge is 2.51. The van der Waals surface area contributed by atoms with Crippen molar-refractivity contribution in [2.45, 2.75) is 25.6 Å². The first-order valence-electron chi connectivity index (χ1n) is 7.23. The van der Waals surface area contributed by atoms with Crippen LogP contribution in [0.1, 0.15) is 25.5 Å². The van der Waals surface area contributed by atoms with Gasteiger partial charge in [-0.05, 0) is 19.4 Å². The van der Waals surface area contributed by atoms with Gasteiger partial charge in [0, 0.05) is 17.8 Å². The van der Waals surface area contributed by atoms with E-state index in [4.69, 9.17) is 0 Å². The second-order valence-corrected chi connectivity index (χ2v) is 5.99. The minimum Gasteiger partial charge on any atom is -0.330 e. The van der Waals surface area contributed by atoms with Crippen LogP contribution in [0, 0.1) is 16.0 Å². The maximum atomic E-state index is 10.9. The van der Waals surface area contributed by atoms with E-state index in [1.807, 2.05) is 13.8 Å². The van der Waals surface area contributed by atoms with Crippen molar-refractivity contribution in [3.8, 4) is 0 Å². The molecule has 2 aromatic rings. The molecule has 118 valence electrons. The first-order valence-corrected chi connectivity index (χ1v) is 7.23. The van der Waals surface area contributed by atoms with Gasteiger partial charge in [0.05, 0.1) is 16.9 Å². The van der Waals surface area contributed by atoms with Crippen molar-refractivity contribution >= 4 is 17.3 Å². The average molecular weight is 313 g/mol. The molecule has 1 aromatic heterocycles. The number of nitro groups is 1. The number of aromatic nitrogens is 3. The first-order chi connectivity index (χ1) is 11.0. The molecule has 23 heavy (non-hydrogen) atoms. The molecule has 4 rings (SSSR count). The highest BCUT2D eigenvalue weighted by atomic mass is 16.6. The lowest BCUT2D eigenvalue weighted by molar-refractivity contribution is -0.384. The SMILES string of the molecule is CC1=NN[C@]2(C)Nc3ncnn3[C@@H](c3ccc([N+](=O)[O-])cc3)[C@H]12. The number of rotatable bonds is 2. The van der Waals surface area contributed by atoms with Crippen molar-refractivity contribution in [1.29, 1.82) is 0 Å². The van der Waals surface area contributed by atoms with E-state index < -0.39 is 10.6 Å². The van der Waals surface area contributed by atoms with E-state index >= 15 is 0 Å². The second kappa shape index (κ2) is 4.51. The summed E-state index contributed by atoms with van der Waals surface area (Å²) in [4.78, 5) is 14.7. The van der Waals surface area contributed by atoms with Crippen LogP contribution in [0.2, 0.25) is 0 Å². The summed E-state index contributed by atoms with van der Waals surface area (Å²) in [6, 6.07) is 6.43. The second-order valence-electron chi connectivity index (χ2n) is 5.99. The predicted octanol–water partition coefficient (Wildman–Crippen LogP) is 1.51. The Hall–Kier alpha value is -2.97. The molecule has 0 fully saturated rings. The van der Waals surface area contributed by atoms with Crippen LogP contribution in [0.4, 0.5) is 11.6 Å². The fourth-order valence-corrected chi connectivity index (χ4v) is 3.45. The zero-order valence-electron chi connectivity index (χ0n) is 12.6. The van der Waals surface area contributed by atoms with Crippen LogP contribution in [0.15, 0.2) is 35.7 Å². The lowest BCUT2D eigenvalue weighted by atomic mass is 9.80. The molecule has 3 atom stereocenters. The minimum atomic E-state index is -0.473. The molecule has 1 aromatic carbocycles. The fourth-order valence-electron chi connectivity index (χ4n) is 3.45. The number of fused-ring (bicyclic) bond motifs is 2. The molecule has 0 unspecified atom stereocenters. The topological polar surface area (TPSA) is 110 Å². The Bertz CT molecular complexity index is 813. The number of nitrogens with one attached hydrogen (secondary N) is 2. The van der Waals surface area contributed by atoms with Gasteiger partial charge >= 0.3 is 0 Å². The Morgan fingerprint density at radius 3 is 2.78 bits per heavy atom. The number of anilines is 1. The summed E-state index contributed by atoms with van der Waals surface area (Å²) < 4.78 is 1.81. The van der Waals surface area contributed by atoms with Crippen molar-refractivity contribution in [1.82, 2.24) is 20.2 Å². The smallest absolute Gasteiger partial charge is 0.269 e. The van der Waals surface area contributed by atoms with Gasteiger partial charge in [-0.15, -0.1) is 0 Å². The van der Waals surface area contributed by atoms with Crippen LogP contribution < -0.4 is 10.7 Å². The van der Waals surface area contributed by atoms with E-state index in [0.29, 0.717) is 5.95 Å². The fraction of sp³-hybridized carbons (Fsp3) is 0.357. The average Bonchev–Trinajstić information content (AvgIpc) is 3.09. The number of hydrogen-bond acceptors (Lipinski definition) is 7. The molecule has 2 aliphatic rings. The van der Waals surface area contributed by atoms with Crippen LogP contribution in [0.3, 0.4) is 0 Å². The summed E-state index contributed by atoms with van der Waals surface area (Å²) in [5, 5.41) is 22.9. The van der Waals surface area contributed by atoms with Gasteiger partial charge in [0.25, 0.3) is 5.69 Å². The van der Waals surface area contributed by atoms with Crippen molar-refractivity contribution in [3.05, 3.63) is 46.3 Å². The van der Waals surface area contributed by atoms with Gasteiger partial charge in [0.1, 0.15) is 12.0 Å². The highest BCUT2D eigenvalue weighted by Crippen LogP contribution is 2.43. The molecular formula is C14H15N7O2. The van der Waals surface area contributed by atoms with Gasteiger partial charge in [-0.2, -0.15) is 15.2 Å². The van der Waals surface area contributed by atoms with Gasteiger partial charge < -0.3 is 5.32 Å². The third kappa shape index (κ3) is 1.89. The molecule has 0 amide bonds. The normalized spacial score (nSPS) is 28.2. The molecule has 9 nitrogen and oxygen atoms in total. The molecule has 2 aliphatic heterocycles. The molecule has 9 heteroatoms. The molecule has 0 radical (unpaired) electrons. The standard InChI is InChI=1S/C14H15N7O2/c1-8-11-12(9-3-5-10(6-4-9)21(22)23)20-13(15-7-16-20)17-14(11,2)19-18-8/h3-7,11-12,19H,1-2H3,(H,15,16,17)/t11-,12-,14-/m0/s1. The van der Waals surface area contributed by atoms with Crippen LogP contribution in [0.25, 0.3) is 0 Å². The summed E-state index contributed by atoms with van der Waals surface area (Å²) in [6.45, 7) is 3.99. The molecule has 0 bridgehead atoms. The van der Waals surface area contributed by atoms with Crippen molar-refractivity contribution in [2.24, 2.45) is 11.0 Å². The zero-order valence-corrected chi connectivity index (χ0v) is 12.6. The molecule has 3 heterocycles. The third-order valence-electron chi connectivity index (χ3n) is 4.51. The highest BCUT2D eigenvalue weighted by molar-refractivity contribution is 5.89. The largest absolute Gasteiger partial charge is 0.330 e. The van der Waals surface area contributed by atoms with E-state index in [0.717, 1.165) is 11.3 Å². The Labute approximate surface area is 131 Å². The van der Waals surface area contributed by atoms with E-state index in [-0.39, 0.29) is 17.6 Å². The number of hydrazone groups is 1. The van der Waals surface area contributed by atoms with Gasteiger partial charge in [-0.3, -0.25) is 15.5 Å². The summed E-state index contributed by atoms with van der Waals surface area (Å²) in [5.74, 6) is 0.655. The summed E-state index contributed by atoms with van der Waals surface area (Å²) >= 11 is 0. The van der Waals surface area contributed by atoms with Crippen molar-refractivity contribution < 1.29 is 4.92 Å². The Morgan fingerprint density at radius 1 is 1.35 bits per heavy atom. The van der Waals surface area contributed by atoms with Gasteiger partial charge in [0.2, 0.25) is 5.95 Å². The van der Waals surface area contributed by atoms with E-state index in [2.05, 4.69) is 25.9 Å². The summed E-state index contributed by atoms with van der Waals surface area (Å²) in [5.41, 5.74) is 4.61. The Morgan fingerprint density at radius 2 is 2.09 bits per heavy atom. The van der Waals surface area contributed by atoms with Crippen molar-refractivity contribution in [2.75, 3.05) is 5.32 Å². The predicted molar refractivity (Wildman–Crippen MR) is 83.0 cm³/mol. The molecular weight excluding hydrogens is 298 g/mol. The van der Waals surface area contributed by atoms with Crippen molar-refractivity contribution in [3.63, 3.8) is 0 Å². The summed E-state index contributed by atoms with van der Waals surface area (Å²) in [7, 11) is 0. The quantitative estimate of drug-likeness (QED) is 0.642. The van der Waals surface area contributed by atoms with Gasteiger partial charge in [-0.1, -0.05) is 12.1 Å². The lowest BCUT2D eigenvalue weighted by Gasteiger charge is -2.42. The first kappa shape index (κ1) is 13.7. The Kier molecular flexibility index (Phi) is 2.68. The van der Waals surface area contributed by atoms with Crippen LogP contribution in [0.5, 0.6) is 0 Å². The van der Waals surface area contributed by atoms with Crippen LogP contribution >= 0.6 is 0 Å². The maximum Gasteiger partial charge on any atom is 0.269 e. The Balaban J connectivity index is 1.84. The van der Waals surface area contributed by atoms with Gasteiger partial charge in [-0.25, -0.2) is 4.68 Å². The molecule has 0 aliphatic carbocycles. The molecule has 0 saturated carbocycles. The zero-order chi connectivity index (χ0) is 16.2. The number of nitro benzene ring substituents is 1. The van der Waals surface area contributed by atoms with Crippen LogP contribution in [-0.2, 0) is 0 Å². The monoisotopic (exact) mass is 313 g/mol. The number of hydrogen-bond donors (Lipinski definition) is 2. The third-order valence-corrected chi connectivity index (χ3v) is 4.51. The number of non-ortho nitro benzene ring substituents is 1.